The molecule has 0 atom stereocenters. The Morgan fingerprint density at radius 3 is 2.72 bits per heavy atom. The van der Waals surface area contributed by atoms with Crippen molar-refractivity contribution in [1.29, 1.82) is 0 Å². The zero-order chi connectivity index (χ0) is 19.8. The lowest BCUT2D eigenvalue weighted by molar-refractivity contribution is 0.0724. The van der Waals surface area contributed by atoms with E-state index in [9.17, 15) is 9.59 Å². The molecule has 1 fully saturated rings. The molecule has 0 saturated carbocycles. The number of benzene rings is 1. The third-order valence-corrected chi connectivity index (χ3v) is 5.85. The number of likely N-dealkylation sites (tertiary alicyclic amines) is 1. The van der Waals surface area contributed by atoms with E-state index in [1.165, 1.54) is 12.7 Å². The van der Waals surface area contributed by atoms with Crippen LogP contribution in [0.2, 0.25) is 0 Å². The number of nitrogens with zero attached hydrogens (tertiary/aromatic N) is 4. The van der Waals surface area contributed by atoms with E-state index in [-0.39, 0.29) is 11.5 Å². The molecule has 2 aliphatic heterocycles. The molecule has 4 heterocycles. The Kier molecular flexibility index (Phi) is 4.50. The maximum atomic E-state index is 12.8. The van der Waals surface area contributed by atoms with Crippen LogP contribution in [0.15, 0.2) is 41.6 Å². The number of fused-ring (bicyclic) bond motifs is 2. The highest BCUT2D eigenvalue weighted by Gasteiger charge is 2.24. The van der Waals surface area contributed by atoms with Crippen molar-refractivity contribution in [1.82, 2.24) is 19.9 Å². The highest BCUT2D eigenvalue weighted by molar-refractivity contribution is 5.94. The molecule has 0 radical (unpaired) electrons. The highest BCUT2D eigenvalue weighted by atomic mass is 16.2. The molecule has 2 aromatic heterocycles. The molecule has 0 bridgehead atoms. The van der Waals surface area contributed by atoms with Crippen LogP contribution >= 0.6 is 0 Å². The first kappa shape index (κ1) is 17.8. The van der Waals surface area contributed by atoms with Crippen LogP contribution < -0.4 is 10.5 Å². The van der Waals surface area contributed by atoms with E-state index in [2.05, 4.69) is 19.9 Å². The van der Waals surface area contributed by atoms with Crippen molar-refractivity contribution < 1.29 is 4.79 Å². The predicted octanol–water partition coefficient (Wildman–Crippen LogP) is 3.03. The quantitative estimate of drug-likeness (QED) is 0.729. The summed E-state index contributed by atoms with van der Waals surface area (Å²) in [6, 6.07) is 7.67. The minimum absolute atomic E-state index is 0.0891. The van der Waals surface area contributed by atoms with E-state index in [1.807, 2.05) is 23.1 Å². The maximum absolute atomic E-state index is 12.8. The molecule has 29 heavy (non-hydrogen) atoms. The lowest BCUT2D eigenvalue weighted by atomic mass is 10.0. The molecule has 148 valence electrons. The second-order valence-corrected chi connectivity index (χ2v) is 7.75. The Hall–Kier alpha value is -3.22. The largest absolute Gasteiger partial charge is 0.339 e. The predicted molar refractivity (Wildman–Crippen MR) is 112 cm³/mol. The third-order valence-electron chi connectivity index (χ3n) is 5.85. The van der Waals surface area contributed by atoms with Crippen LogP contribution in [0.4, 0.5) is 11.5 Å². The lowest BCUT2D eigenvalue weighted by Crippen LogP contribution is -2.36. The van der Waals surface area contributed by atoms with Gasteiger partial charge in [0.1, 0.15) is 5.82 Å². The van der Waals surface area contributed by atoms with Crippen LogP contribution in [-0.2, 0) is 6.42 Å². The van der Waals surface area contributed by atoms with Gasteiger partial charge in [-0.25, -0.2) is 9.97 Å². The standard InChI is InChI=1S/C22H23N5O2/c28-21-18-7-6-17(12-19(18)24-14-25-21)27-10-4-5-15-11-16(13-23-20(15)27)22(29)26-8-2-1-3-9-26/h6-7,11-14H,1-5,8-10H2,(H,24,25,28). The molecule has 7 heteroatoms. The van der Waals surface area contributed by atoms with Crippen LogP contribution in [0.5, 0.6) is 0 Å². The van der Waals surface area contributed by atoms with Gasteiger partial charge < -0.3 is 14.8 Å². The van der Waals surface area contributed by atoms with Crippen molar-refractivity contribution in [2.24, 2.45) is 0 Å². The number of carbonyl (C=O) groups is 1. The zero-order valence-corrected chi connectivity index (χ0v) is 16.2. The summed E-state index contributed by atoms with van der Waals surface area (Å²) in [5.74, 6) is 0.974. The van der Waals surface area contributed by atoms with E-state index in [1.54, 1.807) is 12.3 Å². The van der Waals surface area contributed by atoms with Gasteiger partial charge in [0.15, 0.2) is 0 Å². The van der Waals surface area contributed by atoms with Crippen LogP contribution in [0, 0.1) is 0 Å². The summed E-state index contributed by atoms with van der Waals surface area (Å²) in [6.45, 7) is 2.52. The van der Waals surface area contributed by atoms with E-state index in [4.69, 9.17) is 0 Å². The topological polar surface area (TPSA) is 82.2 Å². The number of aromatic amines is 1. The number of hydrogen-bond acceptors (Lipinski definition) is 5. The molecular weight excluding hydrogens is 366 g/mol. The normalized spacial score (nSPS) is 16.7. The fourth-order valence-electron chi connectivity index (χ4n) is 4.34. The fraction of sp³-hybridized carbons (Fsp3) is 0.364. The van der Waals surface area contributed by atoms with Crippen molar-refractivity contribution >= 4 is 28.3 Å². The molecule has 1 aromatic carbocycles. The summed E-state index contributed by atoms with van der Waals surface area (Å²) in [4.78, 5) is 40.5. The van der Waals surface area contributed by atoms with Gasteiger partial charge in [-0.15, -0.1) is 0 Å². The number of rotatable bonds is 2. The fourth-order valence-corrected chi connectivity index (χ4v) is 4.34. The molecular formula is C22H23N5O2. The Morgan fingerprint density at radius 2 is 1.86 bits per heavy atom. The number of aromatic nitrogens is 3. The molecule has 0 aliphatic carbocycles. The average Bonchev–Trinajstić information content (AvgIpc) is 2.78. The van der Waals surface area contributed by atoms with Gasteiger partial charge in [0.05, 0.1) is 22.8 Å². The Bertz CT molecular complexity index is 1130. The van der Waals surface area contributed by atoms with Gasteiger partial charge in [0.2, 0.25) is 0 Å². The molecule has 5 rings (SSSR count). The summed E-state index contributed by atoms with van der Waals surface area (Å²) >= 11 is 0. The molecule has 0 unspecified atom stereocenters. The van der Waals surface area contributed by atoms with Gasteiger partial charge in [0, 0.05) is 31.5 Å². The van der Waals surface area contributed by atoms with Gasteiger partial charge in [-0.2, -0.15) is 0 Å². The SMILES string of the molecule is O=C(c1cnc2c(c1)CCCN2c1ccc2c(=O)[nH]cnc2c1)N1CCCCC1. The summed E-state index contributed by atoms with van der Waals surface area (Å²) in [5.41, 5.74) is 3.26. The lowest BCUT2D eigenvalue weighted by Gasteiger charge is -2.31. The number of H-pyrrole nitrogens is 1. The Balaban J connectivity index is 1.48. The number of nitrogens with one attached hydrogen (secondary N) is 1. The van der Waals surface area contributed by atoms with Crippen LogP contribution in [0.3, 0.4) is 0 Å². The van der Waals surface area contributed by atoms with E-state index < -0.39 is 0 Å². The van der Waals surface area contributed by atoms with Crippen molar-refractivity contribution in [2.45, 2.75) is 32.1 Å². The number of piperidine rings is 1. The Labute approximate surface area is 168 Å². The first-order valence-corrected chi connectivity index (χ1v) is 10.2. The molecule has 1 saturated heterocycles. The van der Waals surface area contributed by atoms with Crippen LogP contribution in [0.1, 0.15) is 41.6 Å². The first-order chi connectivity index (χ1) is 14.2. The molecule has 7 nitrogen and oxygen atoms in total. The molecule has 1 amide bonds. The average molecular weight is 389 g/mol. The number of aryl methyl sites for hydroxylation is 1. The Morgan fingerprint density at radius 1 is 1.00 bits per heavy atom. The maximum Gasteiger partial charge on any atom is 0.258 e. The third kappa shape index (κ3) is 3.26. The summed E-state index contributed by atoms with van der Waals surface area (Å²) < 4.78 is 0. The summed E-state index contributed by atoms with van der Waals surface area (Å²) in [7, 11) is 0. The van der Waals surface area contributed by atoms with Crippen molar-refractivity contribution in [3.05, 3.63) is 58.3 Å². The number of amides is 1. The van der Waals surface area contributed by atoms with Gasteiger partial charge in [0.25, 0.3) is 11.5 Å². The molecule has 0 spiro atoms. The van der Waals surface area contributed by atoms with E-state index in [0.717, 1.165) is 62.4 Å². The second kappa shape index (κ2) is 7.31. The first-order valence-electron chi connectivity index (χ1n) is 10.2. The molecule has 3 aromatic rings. The highest BCUT2D eigenvalue weighted by Crippen LogP contribution is 2.33. The minimum atomic E-state index is -0.139. The molecule has 2 aliphatic rings. The van der Waals surface area contributed by atoms with Crippen LogP contribution in [0.25, 0.3) is 10.9 Å². The number of pyridine rings is 1. The monoisotopic (exact) mass is 389 g/mol. The van der Waals surface area contributed by atoms with Crippen molar-refractivity contribution in [3.63, 3.8) is 0 Å². The van der Waals surface area contributed by atoms with E-state index in [0.29, 0.717) is 16.5 Å². The molecule has 1 N–H and O–H groups in total. The second-order valence-electron chi connectivity index (χ2n) is 7.75. The van der Waals surface area contributed by atoms with Gasteiger partial charge in [-0.05, 0) is 61.9 Å². The van der Waals surface area contributed by atoms with Gasteiger partial charge in [-0.3, -0.25) is 9.59 Å². The number of carbonyl (C=O) groups excluding carboxylic acids is 1. The van der Waals surface area contributed by atoms with E-state index >= 15 is 0 Å². The smallest absolute Gasteiger partial charge is 0.258 e. The summed E-state index contributed by atoms with van der Waals surface area (Å²) in [6.07, 6.45) is 8.39. The van der Waals surface area contributed by atoms with Gasteiger partial charge >= 0.3 is 0 Å². The zero-order valence-electron chi connectivity index (χ0n) is 16.2. The van der Waals surface area contributed by atoms with Crippen molar-refractivity contribution in [2.75, 3.05) is 24.5 Å². The van der Waals surface area contributed by atoms with Gasteiger partial charge in [-0.1, -0.05) is 0 Å². The summed E-state index contributed by atoms with van der Waals surface area (Å²) in [5, 5.41) is 0.573. The van der Waals surface area contributed by atoms with Crippen molar-refractivity contribution in [3.8, 4) is 0 Å². The minimum Gasteiger partial charge on any atom is -0.339 e. The number of anilines is 2. The van der Waals surface area contributed by atoms with Crippen LogP contribution in [-0.4, -0.2) is 45.4 Å². The number of hydrogen-bond donors (Lipinski definition) is 1.